The first kappa shape index (κ1) is 18.7. The van der Waals surface area contributed by atoms with Gasteiger partial charge >= 0.3 is 0 Å². The Morgan fingerprint density at radius 2 is 1.92 bits per heavy atom. The molecule has 1 aromatic carbocycles. The number of hydrogen-bond donors (Lipinski definition) is 2. The van der Waals surface area contributed by atoms with E-state index in [0.29, 0.717) is 23.7 Å². The topological polar surface area (TPSA) is 75.3 Å². The molecule has 0 spiro atoms. The van der Waals surface area contributed by atoms with Gasteiger partial charge in [0.1, 0.15) is 0 Å². The molecule has 1 aliphatic heterocycles. The molecule has 1 amide bonds. The summed E-state index contributed by atoms with van der Waals surface area (Å²) in [4.78, 5) is 12.3. The molecule has 2 N–H and O–H groups in total. The van der Waals surface area contributed by atoms with Gasteiger partial charge in [0.05, 0.1) is 4.90 Å². The number of amides is 1. The summed E-state index contributed by atoms with van der Waals surface area (Å²) in [6, 6.07) is 6.13. The van der Waals surface area contributed by atoms with Gasteiger partial charge < -0.3 is 5.32 Å². The van der Waals surface area contributed by atoms with Crippen molar-refractivity contribution in [3.63, 3.8) is 0 Å². The highest BCUT2D eigenvalue weighted by atomic mass is 32.2. The molecule has 26 heavy (non-hydrogen) atoms. The molecule has 1 saturated carbocycles. The predicted octanol–water partition coefficient (Wildman–Crippen LogP) is 3.36. The smallest absolute Gasteiger partial charge is 0.261 e. The minimum atomic E-state index is -3.73. The summed E-state index contributed by atoms with van der Waals surface area (Å²) in [5.74, 6) is 0.291. The van der Waals surface area contributed by atoms with Crippen molar-refractivity contribution >= 4 is 15.9 Å². The Kier molecular flexibility index (Phi) is 5.81. The molecule has 140 valence electrons. The normalized spacial score (nSPS) is 27.8. The number of carbonyl (C=O) groups excluding carboxylic acids is 1. The van der Waals surface area contributed by atoms with Crippen LogP contribution in [0.25, 0.3) is 0 Å². The zero-order valence-corrected chi connectivity index (χ0v) is 15.7. The molecule has 2 aliphatic rings. The molecule has 3 rings (SSSR count). The highest BCUT2D eigenvalue weighted by molar-refractivity contribution is 7.89. The highest BCUT2D eigenvalue weighted by Crippen LogP contribution is 2.44. The zero-order valence-electron chi connectivity index (χ0n) is 14.9. The van der Waals surface area contributed by atoms with Crippen LogP contribution in [-0.2, 0) is 10.0 Å². The number of rotatable bonds is 0. The van der Waals surface area contributed by atoms with Gasteiger partial charge in [-0.05, 0) is 49.8 Å². The zero-order chi connectivity index (χ0) is 18.6. The van der Waals surface area contributed by atoms with Crippen LogP contribution in [0, 0.1) is 11.8 Å². The van der Waals surface area contributed by atoms with Gasteiger partial charge in [-0.1, -0.05) is 37.6 Å². The number of hydrogen-bond acceptors (Lipinski definition) is 3. The summed E-state index contributed by atoms with van der Waals surface area (Å²) < 4.78 is 27.8. The van der Waals surface area contributed by atoms with Crippen molar-refractivity contribution in [1.82, 2.24) is 10.0 Å². The van der Waals surface area contributed by atoms with E-state index in [1.54, 1.807) is 12.1 Å². The van der Waals surface area contributed by atoms with Crippen LogP contribution in [0.15, 0.2) is 53.6 Å². The highest BCUT2D eigenvalue weighted by Gasteiger charge is 2.38. The van der Waals surface area contributed by atoms with E-state index in [2.05, 4.69) is 28.8 Å². The average molecular weight is 375 g/mol. The molecule has 2 atom stereocenters. The van der Waals surface area contributed by atoms with Gasteiger partial charge in [0.2, 0.25) is 0 Å². The first-order valence-corrected chi connectivity index (χ1v) is 10.7. The number of allylic oxidation sites excluding steroid dienone is 3. The van der Waals surface area contributed by atoms with E-state index >= 15 is 0 Å². The van der Waals surface area contributed by atoms with Crippen molar-refractivity contribution < 1.29 is 13.2 Å². The number of benzene rings is 1. The van der Waals surface area contributed by atoms with Gasteiger partial charge in [-0.25, -0.2) is 8.42 Å². The molecule has 0 saturated heterocycles. The summed E-state index contributed by atoms with van der Waals surface area (Å²) in [6.07, 6.45) is 10.6. The van der Waals surface area contributed by atoms with E-state index in [4.69, 9.17) is 0 Å². The fraction of sp³-hybridized carbons (Fsp3) is 0.450. The fourth-order valence-corrected chi connectivity index (χ4v) is 4.41. The van der Waals surface area contributed by atoms with Crippen LogP contribution in [-0.4, -0.2) is 20.9 Å². The van der Waals surface area contributed by atoms with Gasteiger partial charge in [-0.15, -0.1) is 0 Å². The van der Waals surface area contributed by atoms with Crippen LogP contribution in [0.1, 0.15) is 48.9 Å². The van der Waals surface area contributed by atoms with Gasteiger partial charge in [0, 0.05) is 23.7 Å². The maximum absolute atomic E-state index is 12.6. The predicted molar refractivity (Wildman–Crippen MR) is 102 cm³/mol. The number of carbonyl (C=O) groups is 1. The molecule has 1 unspecified atom stereocenters. The van der Waals surface area contributed by atoms with Crippen molar-refractivity contribution in [2.75, 3.05) is 6.54 Å². The molecular weight excluding hydrogens is 348 g/mol. The van der Waals surface area contributed by atoms with Crippen LogP contribution >= 0.6 is 0 Å². The molecule has 1 aromatic rings. The van der Waals surface area contributed by atoms with Gasteiger partial charge in [0.15, 0.2) is 0 Å². The second-order valence-electron chi connectivity index (χ2n) is 7.05. The number of sulfonamides is 1. The second kappa shape index (κ2) is 8.08. The minimum absolute atomic E-state index is 0.0835. The Bertz CT molecular complexity index is 814. The lowest BCUT2D eigenvalue weighted by Crippen LogP contribution is -2.26. The fourth-order valence-electron chi connectivity index (χ4n) is 3.26. The van der Waals surface area contributed by atoms with E-state index in [1.165, 1.54) is 12.1 Å². The van der Waals surface area contributed by atoms with Gasteiger partial charge in [0.25, 0.3) is 15.9 Å². The lowest BCUT2D eigenvalue weighted by Gasteiger charge is -2.12. The second-order valence-corrected chi connectivity index (χ2v) is 8.73. The third-order valence-electron chi connectivity index (χ3n) is 4.93. The Labute approximate surface area is 155 Å². The third kappa shape index (κ3) is 4.75. The average Bonchev–Trinajstić information content (AvgIpc) is 3.39. The van der Waals surface area contributed by atoms with Crippen molar-refractivity contribution in [3.05, 3.63) is 54.3 Å². The standard InChI is InChI=1S/C20H26N2O3S/c1-15-19-14-16(19)9-6-4-2-3-5-7-12-21-20(23)17-10-8-11-18(13-17)26(24,25)22-15/h6,8-11,13,16,19,22H,1-5,7,12,14H2,(H,21,23)/b9-6+/t16?,19-/m1/s1. The third-order valence-corrected chi connectivity index (χ3v) is 6.33. The number of nitrogens with one attached hydrogen (secondary N) is 2. The van der Waals surface area contributed by atoms with Crippen molar-refractivity contribution in [3.8, 4) is 0 Å². The van der Waals surface area contributed by atoms with E-state index in [-0.39, 0.29) is 16.7 Å². The van der Waals surface area contributed by atoms with Crippen LogP contribution in [0.5, 0.6) is 0 Å². The van der Waals surface area contributed by atoms with Crippen LogP contribution in [0.4, 0.5) is 0 Å². The quantitative estimate of drug-likeness (QED) is 0.684. The Morgan fingerprint density at radius 1 is 1.12 bits per heavy atom. The van der Waals surface area contributed by atoms with Crippen LogP contribution in [0.2, 0.25) is 0 Å². The van der Waals surface area contributed by atoms with Gasteiger partial charge in [-0.3, -0.25) is 9.52 Å². The molecule has 5 nitrogen and oxygen atoms in total. The molecule has 6 heteroatoms. The van der Waals surface area contributed by atoms with Crippen LogP contribution < -0.4 is 10.0 Å². The molecule has 0 aromatic heterocycles. The number of fused-ring (bicyclic) bond motifs is 3. The summed E-state index contributed by atoms with van der Waals surface area (Å²) in [5.41, 5.74) is 0.877. The molecular formula is C20H26N2O3S. The first-order valence-electron chi connectivity index (χ1n) is 9.24. The van der Waals surface area contributed by atoms with Crippen molar-refractivity contribution in [2.24, 2.45) is 11.8 Å². The summed E-state index contributed by atoms with van der Waals surface area (Å²) in [7, 11) is -3.73. The molecule has 0 radical (unpaired) electrons. The SMILES string of the molecule is C=C1NS(=O)(=O)c2cccc(c2)C(=O)NCCCCCC/C=C/C2C[C@H]12. The Balaban J connectivity index is 1.79. The minimum Gasteiger partial charge on any atom is -0.352 e. The van der Waals surface area contributed by atoms with Crippen molar-refractivity contribution in [1.29, 1.82) is 0 Å². The van der Waals surface area contributed by atoms with Crippen molar-refractivity contribution in [2.45, 2.75) is 43.4 Å². The molecule has 1 heterocycles. The van der Waals surface area contributed by atoms with Gasteiger partial charge in [-0.2, -0.15) is 0 Å². The van der Waals surface area contributed by atoms with E-state index in [0.717, 1.165) is 38.5 Å². The molecule has 1 aliphatic carbocycles. The maximum atomic E-state index is 12.6. The summed E-state index contributed by atoms with van der Waals surface area (Å²) >= 11 is 0. The summed E-state index contributed by atoms with van der Waals surface area (Å²) in [5, 5.41) is 2.86. The van der Waals surface area contributed by atoms with E-state index < -0.39 is 10.0 Å². The monoisotopic (exact) mass is 374 g/mol. The largest absolute Gasteiger partial charge is 0.352 e. The lowest BCUT2D eigenvalue weighted by atomic mass is 10.1. The lowest BCUT2D eigenvalue weighted by molar-refractivity contribution is 0.0952. The first-order chi connectivity index (χ1) is 12.5. The molecule has 1 fully saturated rings. The Hall–Kier alpha value is -2.08. The Morgan fingerprint density at radius 3 is 2.77 bits per heavy atom. The van der Waals surface area contributed by atoms with E-state index in [1.807, 2.05) is 0 Å². The molecule has 2 bridgehead atoms. The van der Waals surface area contributed by atoms with E-state index in [9.17, 15) is 13.2 Å². The summed E-state index contributed by atoms with van der Waals surface area (Å²) in [6.45, 7) is 4.52. The van der Waals surface area contributed by atoms with Crippen LogP contribution in [0.3, 0.4) is 0 Å². The maximum Gasteiger partial charge on any atom is 0.261 e.